The van der Waals surface area contributed by atoms with Crippen molar-refractivity contribution < 1.29 is 27.8 Å². The third-order valence-corrected chi connectivity index (χ3v) is 2.02. The van der Waals surface area contributed by atoms with Gasteiger partial charge in [-0.25, -0.2) is 0 Å². The Balaban J connectivity index is 2.69. The summed E-state index contributed by atoms with van der Waals surface area (Å²) in [4.78, 5) is 11.1. The second-order valence-corrected chi connectivity index (χ2v) is 3.37. The van der Waals surface area contributed by atoms with Gasteiger partial charge in [0.15, 0.2) is 6.10 Å². The Morgan fingerprint density at radius 2 is 2.24 bits per heavy atom. The van der Waals surface area contributed by atoms with Crippen LogP contribution in [-0.4, -0.2) is 28.4 Å². The van der Waals surface area contributed by atoms with Crippen LogP contribution >= 0.6 is 0 Å². The van der Waals surface area contributed by atoms with Crippen LogP contribution in [0, 0.1) is 0 Å². The predicted molar refractivity (Wildman–Crippen MR) is 52.1 cm³/mol. The van der Waals surface area contributed by atoms with Crippen molar-refractivity contribution in [2.45, 2.75) is 25.7 Å². The molecular weight excluding hydrogens is 239 g/mol. The van der Waals surface area contributed by atoms with Crippen LogP contribution in [0.25, 0.3) is 0 Å². The van der Waals surface area contributed by atoms with E-state index < -0.39 is 18.2 Å². The SMILES string of the molecule is CCOC(=O)Cn1ccc(C(O)C(F)(F)F)c1. The quantitative estimate of drug-likeness (QED) is 0.828. The van der Waals surface area contributed by atoms with Crippen molar-refractivity contribution in [2.75, 3.05) is 6.61 Å². The predicted octanol–water partition coefficient (Wildman–Crippen LogP) is 1.65. The third kappa shape index (κ3) is 3.77. The summed E-state index contributed by atoms with van der Waals surface area (Å²) in [7, 11) is 0. The summed E-state index contributed by atoms with van der Waals surface area (Å²) in [6.45, 7) is 1.66. The van der Waals surface area contributed by atoms with E-state index >= 15 is 0 Å². The number of rotatable bonds is 4. The molecule has 0 spiro atoms. The highest BCUT2D eigenvalue weighted by atomic mass is 19.4. The smallest absolute Gasteiger partial charge is 0.418 e. The highest BCUT2D eigenvalue weighted by molar-refractivity contribution is 5.69. The second-order valence-electron chi connectivity index (χ2n) is 3.37. The zero-order valence-corrected chi connectivity index (χ0v) is 9.07. The number of esters is 1. The zero-order valence-electron chi connectivity index (χ0n) is 9.07. The van der Waals surface area contributed by atoms with Gasteiger partial charge in [-0.1, -0.05) is 0 Å². The number of halogens is 3. The Hall–Kier alpha value is -1.50. The summed E-state index contributed by atoms with van der Waals surface area (Å²) >= 11 is 0. The number of aliphatic hydroxyl groups excluding tert-OH is 1. The standard InChI is InChI=1S/C10H12F3NO3/c1-2-17-8(15)6-14-4-3-7(5-14)9(16)10(11,12)13/h3-5,9,16H,2,6H2,1H3. The molecule has 0 saturated heterocycles. The largest absolute Gasteiger partial charge is 0.465 e. The first kappa shape index (κ1) is 13.6. The number of aromatic nitrogens is 1. The topological polar surface area (TPSA) is 51.5 Å². The lowest BCUT2D eigenvalue weighted by Crippen LogP contribution is -2.19. The van der Waals surface area contributed by atoms with E-state index in [1.54, 1.807) is 6.92 Å². The number of hydrogen-bond donors (Lipinski definition) is 1. The van der Waals surface area contributed by atoms with Crippen molar-refractivity contribution in [1.29, 1.82) is 0 Å². The van der Waals surface area contributed by atoms with Gasteiger partial charge >= 0.3 is 12.1 Å². The molecule has 0 aliphatic rings. The molecule has 0 fully saturated rings. The van der Waals surface area contributed by atoms with Gasteiger partial charge in [0, 0.05) is 18.0 Å². The fraction of sp³-hybridized carbons (Fsp3) is 0.500. The maximum absolute atomic E-state index is 12.2. The molecule has 0 aliphatic carbocycles. The number of alkyl halides is 3. The summed E-state index contributed by atoms with van der Waals surface area (Å²) in [6, 6.07) is 1.11. The number of nitrogens with zero attached hydrogens (tertiary/aromatic N) is 1. The van der Waals surface area contributed by atoms with E-state index in [0.29, 0.717) is 0 Å². The van der Waals surface area contributed by atoms with Gasteiger partial charge in [0.25, 0.3) is 0 Å². The van der Waals surface area contributed by atoms with Crippen molar-refractivity contribution in [3.8, 4) is 0 Å². The molecule has 1 heterocycles. The van der Waals surface area contributed by atoms with Gasteiger partial charge in [-0.3, -0.25) is 4.79 Å². The molecule has 0 aliphatic heterocycles. The number of carbonyl (C=O) groups excluding carboxylic acids is 1. The average Bonchev–Trinajstić information content (AvgIpc) is 2.63. The summed E-state index contributed by atoms with van der Waals surface area (Å²) in [6.07, 6.45) is -4.90. The Labute approximate surface area is 95.6 Å². The minimum atomic E-state index is -4.71. The van der Waals surface area contributed by atoms with Crippen LogP contribution < -0.4 is 0 Å². The Morgan fingerprint density at radius 3 is 2.76 bits per heavy atom. The molecule has 17 heavy (non-hydrogen) atoms. The highest BCUT2D eigenvalue weighted by Crippen LogP contribution is 2.32. The normalized spacial score (nSPS) is 13.5. The number of carbonyl (C=O) groups is 1. The third-order valence-electron chi connectivity index (χ3n) is 2.02. The summed E-state index contributed by atoms with van der Waals surface area (Å²) in [5.74, 6) is -0.545. The average molecular weight is 251 g/mol. The van der Waals surface area contributed by atoms with Crippen molar-refractivity contribution in [3.63, 3.8) is 0 Å². The lowest BCUT2D eigenvalue weighted by molar-refractivity contribution is -0.206. The van der Waals surface area contributed by atoms with Gasteiger partial charge in [-0.2, -0.15) is 13.2 Å². The minimum absolute atomic E-state index is 0.182. The second kappa shape index (κ2) is 5.22. The van der Waals surface area contributed by atoms with Crippen LogP contribution in [0.3, 0.4) is 0 Å². The van der Waals surface area contributed by atoms with E-state index in [9.17, 15) is 18.0 Å². The maximum atomic E-state index is 12.2. The van der Waals surface area contributed by atoms with Gasteiger partial charge in [0.1, 0.15) is 6.54 Å². The summed E-state index contributed by atoms with van der Waals surface area (Å²) < 4.78 is 42.4. The molecular formula is C10H12F3NO3. The van der Waals surface area contributed by atoms with E-state index in [4.69, 9.17) is 5.11 Å². The van der Waals surface area contributed by atoms with Gasteiger partial charge in [-0.05, 0) is 13.0 Å². The number of hydrogen-bond acceptors (Lipinski definition) is 3. The van der Waals surface area contributed by atoms with Crippen LogP contribution in [-0.2, 0) is 16.1 Å². The van der Waals surface area contributed by atoms with Crippen LogP contribution in [0.2, 0.25) is 0 Å². The van der Waals surface area contributed by atoms with E-state index in [0.717, 1.165) is 12.3 Å². The van der Waals surface area contributed by atoms with Crippen LogP contribution in [0.4, 0.5) is 13.2 Å². The lowest BCUT2D eigenvalue weighted by Gasteiger charge is -2.12. The fourth-order valence-electron chi connectivity index (χ4n) is 1.26. The molecule has 1 rings (SSSR count). The molecule has 7 heteroatoms. The minimum Gasteiger partial charge on any atom is -0.465 e. The van der Waals surface area contributed by atoms with Crippen molar-refractivity contribution in [1.82, 2.24) is 4.57 Å². The molecule has 1 unspecified atom stereocenters. The molecule has 1 atom stereocenters. The molecule has 1 aromatic rings. The summed E-state index contributed by atoms with van der Waals surface area (Å²) in [5, 5.41) is 8.95. The lowest BCUT2D eigenvalue weighted by atomic mass is 10.2. The highest BCUT2D eigenvalue weighted by Gasteiger charge is 2.39. The van der Waals surface area contributed by atoms with Crippen LogP contribution in [0.15, 0.2) is 18.5 Å². The van der Waals surface area contributed by atoms with E-state index in [1.165, 1.54) is 10.8 Å². The van der Waals surface area contributed by atoms with Crippen LogP contribution in [0.5, 0.6) is 0 Å². The summed E-state index contributed by atoms with van der Waals surface area (Å²) in [5.41, 5.74) is -0.304. The molecule has 1 N–H and O–H groups in total. The molecule has 0 radical (unpaired) electrons. The Kier molecular flexibility index (Phi) is 4.17. The molecule has 1 aromatic heterocycles. The molecule has 0 bridgehead atoms. The number of ether oxygens (including phenoxy) is 1. The molecule has 0 amide bonds. The fourth-order valence-corrected chi connectivity index (χ4v) is 1.26. The molecule has 4 nitrogen and oxygen atoms in total. The van der Waals surface area contributed by atoms with Gasteiger partial charge in [0.2, 0.25) is 0 Å². The first-order chi connectivity index (χ1) is 7.84. The van der Waals surface area contributed by atoms with Crippen LogP contribution in [0.1, 0.15) is 18.6 Å². The van der Waals surface area contributed by atoms with Crippen molar-refractivity contribution in [2.24, 2.45) is 0 Å². The van der Waals surface area contributed by atoms with Gasteiger partial charge in [0.05, 0.1) is 6.61 Å². The monoisotopic (exact) mass is 251 g/mol. The Morgan fingerprint density at radius 1 is 1.59 bits per heavy atom. The number of aliphatic hydroxyl groups is 1. The molecule has 0 aromatic carbocycles. The van der Waals surface area contributed by atoms with Crippen molar-refractivity contribution in [3.05, 3.63) is 24.0 Å². The van der Waals surface area contributed by atoms with E-state index in [1.807, 2.05) is 0 Å². The molecule has 0 saturated carbocycles. The first-order valence-corrected chi connectivity index (χ1v) is 4.90. The van der Waals surface area contributed by atoms with E-state index in [-0.39, 0.29) is 18.7 Å². The van der Waals surface area contributed by atoms with Crippen molar-refractivity contribution >= 4 is 5.97 Å². The first-order valence-electron chi connectivity index (χ1n) is 4.90. The van der Waals surface area contributed by atoms with Gasteiger partial charge in [-0.15, -0.1) is 0 Å². The van der Waals surface area contributed by atoms with Gasteiger partial charge < -0.3 is 14.4 Å². The molecule has 96 valence electrons. The van der Waals surface area contributed by atoms with E-state index in [2.05, 4.69) is 4.74 Å². The maximum Gasteiger partial charge on any atom is 0.418 e. The Bertz CT molecular complexity index is 386. The zero-order chi connectivity index (χ0) is 13.1.